The van der Waals surface area contributed by atoms with Gasteiger partial charge in [0.2, 0.25) is 0 Å². The fraction of sp³-hybridized carbons (Fsp3) is 0.0500. The Labute approximate surface area is 144 Å². The Morgan fingerprint density at radius 2 is 1.72 bits per heavy atom. The molecule has 126 valence electrons. The lowest BCUT2D eigenvalue weighted by Crippen LogP contribution is -2.14. The lowest BCUT2D eigenvalue weighted by molar-refractivity contribution is 0.610. The second-order valence-electron chi connectivity index (χ2n) is 5.49. The molecule has 0 spiro atoms. The van der Waals surface area contributed by atoms with Crippen LogP contribution in [0.4, 0.5) is 14.5 Å². The fourth-order valence-corrected chi connectivity index (χ4v) is 2.37. The van der Waals surface area contributed by atoms with Crippen LogP contribution < -0.4 is 11.1 Å². The summed E-state index contributed by atoms with van der Waals surface area (Å²) in [5, 5.41) is 5.00. The highest BCUT2D eigenvalue weighted by Gasteiger charge is 2.04. The predicted octanol–water partition coefficient (Wildman–Crippen LogP) is 4.76. The molecule has 0 fully saturated rings. The van der Waals surface area contributed by atoms with Gasteiger partial charge in [0.15, 0.2) is 11.7 Å². The summed E-state index contributed by atoms with van der Waals surface area (Å²) in [7, 11) is 0. The Morgan fingerprint density at radius 1 is 1.00 bits per heavy atom. The Balaban J connectivity index is 1.69. The number of amidine groups is 1. The molecule has 0 heterocycles. The van der Waals surface area contributed by atoms with Crippen molar-refractivity contribution >= 4 is 22.3 Å². The number of halogens is 2. The fourth-order valence-electron chi connectivity index (χ4n) is 2.37. The van der Waals surface area contributed by atoms with E-state index in [1.54, 1.807) is 18.2 Å². The van der Waals surface area contributed by atoms with Gasteiger partial charge in [0.1, 0.15) is 5.82 Å². The summed E-state index contributed by atoms with van der Waals surface area (Å²) in [6, 6.07) is 19.8. The van der Waals surface area contributed by atoms with E-state index in [2.05, 4.69) is 10.3 Å². The molecule has 0 aliphatic rings. The van der Waals surface area contributed by atoms with Crippen molar-refractivity contribution in [2.75, 3.05) is 5.32 Å². The lowest BCUT2D eigenvalue weighted by Gasteiger charge is -2.04. The van der Waals surface area contributed by atoms with E-state index < -0.39 is 11.6 Å². The summed E-state index contributed by atoms with van der Waals surface area (Å²) in [4.78, 5) is 3.89. The van der Waals surface area contributed by atoms with Gasteiger partial charge < -0.3 is 11.1 Å². The van der Waals surface area contributed by atoms with Crippen LogP contribution >= 0.6 is 0 Å². The topological polar surface area (TPSA) is 50.4 Å². The number of nitrogens with two attached hydrogens (primary N) is 1. The van der Waals surface area contributed by atoms with Gasteiger partial charge in [0.05, 0.1) is 6.54 Å². The summed E-state index contributed by atoms with van der Waals surface area (Å²) in [5.41, 5.74) is 6.71. The maximum absolute atomic E-state index is 14.0. The summed E-state index contributed by atoms with van der Waals surface area (Å²) in [5.74, 6) is -1.38. The Hall–Kier alpha value is -3.21. The Kier molecular flexibility index (Phi) is 5.04. The van der Waals surface area contributed by atoms with Crippen LogP contribution in [0.25, 0.3) is 10.8 Å². The van der Waals surface area contributed by atoms with E-state index in [1.165, 1.54) is 6.07 Å². The van der Waals surface area contributed by atoms with Gasteiger partial charge >= 0.3 is 0 Å². The van der Waals surface area contributed by atoms with Gasteiger partial charge in [-0.15, -0.1) is 0 Å². The summed E-state index contributed by atoms with van der Waals surface area (Å²) in [6.07, 6.45) is 1.14. The molecule has 3 rings (SSSR count). The molecule has 0 atom stereocenters. The molecule has 0 aromatic heterocycles. The molecule has 0 radical (unpaired) electrons. The van der Waals surface area contributed by atoms with Crippen LogP contribution in [0.15, 0.2) is 83.7 Å². The number of aliphatic imine (C=N–C) groups is 1. The quantitative estimate of drug-likeness (QED) is 0.521. The van der Waals surface area contributed by atoms with E-state index in [-0.39, 0.29) is 12.4 Å². The van der Waals surface area contributed by atoms with Crippen molar-refractivity contribution in [1.82, 2.24) is 0 Å². The molecule has 3 aromatic rings. The number of fused-ring (bicyclic) bond motifs is 1. The van der Waals surface area contributed by atoms with Crippen molar-refractivity contribution in [3.8, 4) is 0 Å². The van der Waals surface area contributed by atoms with E-state index >= 15 is 0 Å². The van der Waals surface area contributed by atoms with Gasteiger partial charge in [-0.3, -0.25) is 4.99 Å². The molecule has 0 unspecified atom stereocenters. The second-order valence-corrected chi connectivity index (χ2v) is 5.49. The molecule has 3 N–H and O–H groups in total. The van der Waals surface area contributed by atoms with Crippen LogP contribution in [0.2, 0.25) is 0 Å². The average molecular weight is 337 g/mol. The molecule has 0 amide bonds. The SMILES string of the molecule is NC(=NCc1ccccc1F)/C(F)=C\Nc1ccc2ccccc2c1. The highest BCUT2D eigenvalue weighted by Crippen LogP contribution is 2.19. The molecule has 0 aliphatic heterocycles. The number of nitrogens with zero attached hydrogens (tertiary/aromatic N) is 1. The van der Waals surface area contributed by atoms with Gasteiger partial charge in [-0.05, 0) is 29.0 Å². The van der Waals surface area contributed by atoms with Crippen molar-refractivity contribution < 1.29 is 8.78 Å². The highest BCUT2D eigenvalue weighted by atomic mass is 19.1. The van der Waals surface area contributed by atoms with E-state index in [0.717, 1.165) is 22.7 Å². The third-order valence-electron chi connectivity index (χ3n) is 3.74. The molecule has 25 heavy (non-hydrogen) atoms. The van der Waals surface area contributed by atoms with Crippen molar-refractivity contribution in [2.24, 2.45) is 10.7 Å². The van der Waals surface area contributed by atoms with Crippen LogP contribution in [-0.2, 0) is 6.54 Å². The molecule has 5 heteroatoms. The van der Waals surface area contributed by atoms with Crippen molar-refractivity contribution in [2.45, 2.75) is 6.54 Å². The Morgan fingerprint density at radius 3 is 2.52 bits per heavy atom. The van der Waals surface area contributed by atoms with Gasteiger partial charge in [0, 0.05) is 17.5 Å². The minimum absolute atomic E-state index is 0.0181. The molecule has 3 nitrogen and oxygen atoms in total. The number of rotatable bonds is 5. The predicted molar refractivity (Wildman–Crippen MR) is 98.5 cm³/mol. The minimum Gasteiger partial charge on any atom is -0.381 e. The number of hydrogen-bond acceptors (Lipinski definition) is 2. The number of nitrogens with one attached hydrogen (secondary N) is 1. The summed E-state index contributed by atoms with van der Waals surface area (Å²) < 4.78 is 27.6. The summed E-state index contributed by atoms with van der Waals surface area (Å²) in [6.45, 7) is -0.0181. The zero-order valence-corrected chi connectivity index (χ0v) is 13.4. The third kappa shape index (κ3) is 4.20. The zero-order valence-electron chi connectivity index (χ0n) is 13.4. The highest BCUT2D eigenvalue weighted by molar-refractivity contribution is 5.95. The van der Waals surface area contributed by atoms with Gasteiger partial charge in [-0.2, -0.15) is 0 Å². The maximum Gasteiger partial charge on any atom is 0.180 e. The van der Waals surface area contributed by atoms with Crippen molar-refractivity contribution in [1.29, 1.82) is 0 Å². The largest absolute Gasteiger partial charge is 0.381 e. The molecule has 0 saturated heterocycles. The van der Waals surface area contributed by atoms with Gasteiger partial charge in [-0.25, -0.2) is 8.78 Å². The van der Waals surface area contributed by atoms with Crippen LogP contribution in [0.1, 0.15) is 5.56 Å². The minimum atomic E-state index is -0.704. The lowest BCUT2D eigenvalue weighted by atomic mass is 10.1. The number of hydrogen-bond donors (Lipinski definition) is 2. The van der Waals surface area contributed by atoms with Crippen LogP contribution in [-0.4, -0.2) is 5.84 Å². The normalized spacial score (nSPS) is 12.4. The molecular weight excluding hydrogens is 320 g/mol. The van der Waals surface area contributed by atoms with E-state index in [0.29, 0.717) is 5.56 Å². The van der Waals surface area contributed by atoms with E-state index in [4.69, 9.17) is 5.73 Å². The van der Waals surface area contributed by atoms with Crippen molar-refractivity contribution in [3.05, 3.63) is 90.1 Å². The second kappa shape index (κ2) is 7.57. The molecule has 0 aliphatic carbocycles. The van der Waals surface area contributed by atoms with Crippen LogP contribution in [0.3, 0.4) is 0 Å². The maximum atomic E-state index is 14.0. The smallest absolute Gasteiger partial charge is 0.180 e. The Bertz CT molecular complexity index is 948. The first-order valence-corrected chi connectivity index (χ1v) is 7.78. The monoisotopic (exact) mass is 337 g/mol. The number of anilines is 1. The molecular formula is C20H17F2N3. The number of benzene rings is 3. The average Bonchev–Trinajstić information content (AvgIpc) is 2.65. The van der Waals surface area contributed by atoms with Crippen LogP contribution in [0.5, 0.6) is 0 Å². The zero-order chi connectivity index (χ0) is 17.6. The first kappa shape index (κ1) is 16.6. The van der Waals surface area contributed by atoms with Gasteiger partial charge in [0.25, 0.3) is 0 Å². The van der Waals surface area contributed by atoms with Crippen molar-refractivity contribution in [3.63, 3.8) is 0 Å². The van der Waals surface area contributed by atoms with E-state index in [9.17, 15) is 8.78 Å². The van der Waals surface area contributed by atoms with E-state index in [1.807, 2.05) is 42.5 Å². The van der Waals surface area contributed by atoms with Crippen LogP contribution in [0, 0.1) is 5.82 Å². The molecule has 3 aromatic carbocycles. The third-order valence-corrected chi connectivity index (χ3v) is 3.74. The summed E-state index contributed by atoms with van der Waals surface area (Å²) >= 11 is 0. The van der Waals surface area contributed by atoms with Gasteiger partial charge in [-0.1, -0.05) is 48.5 Å². The standard InChI is InChI=1S/C20H17F2N3/c21-18-8-4-3-7-16(18)12-25-20(23)19(22)13-24-17-10-9-14-5-1-2-6-15(14)11-17/h1-11,13,24H,12H2,(H2,23,25)/b19-13+. The first-order chi connectivity index (χ1) is 12.1. The molecule has 0 bridgehead atoms. The first-order valence-electron chi connectivity index (χ1n) is 7.78. The molecule has 0 saturated carbocycles.